The molecule has 4 N–H and O–H groups in total. The van der Waals surface area contributed by atoms with Crippen LogP contribution >= 0.6 is 0 Å². The van der Waals surface area contributed by atoms with Crippen molar-refractivity contribution in [3.05, 3.63) is 59.7 Å². The number of amidine groups is 1. The van der Waals surface area contributed by atoms with Gasteiger partial charge in [0.1, 0.15) is 11.9 Å². The van der Waals surface area contributed by atoms with Crippen LogP contribution in [-0.2, 0) is 10.3 Å². The molecule has 2 atom stereocenters. The van der Waals surface area contributed by atoms with Crippen LogP contribution in [0.1, 0.15) is 23.7 Å². The Kier molecular flexibility index (Phi) is 3.35. The lowest BCUT2D eigenvalue weighted by Crippen LogP contribution is -2.55. The van der Waals surface area contributed by atoms with Gasteiger partial charge in [0.15, 0.2) is 12.1 Å². The Morgan fingerprint density at radius 3 is 2.60 bits per heavy atom. The maximum Gasteiger partial charge on any atom is 0.310 e. The van der Waals surface area contributed by atoms with Gasteiger partial charge >= 0.3 is 5.92 Å². The second-order valence-electron chi connectivity index (χ2n) is 6.28. The van der Waals surface area contributed by atoms with Gasteiger partial charge in [-0.2, -0.15) is 8.78 Å². The smallest absolute Gasteiger partial charge is 0.310 e. The molecule has 0 aliphatic carbocycles. The lowest BCUT2D eigenvalue weighted by Gasteiger charge is -2.45. The maximum absolute atomic E-state index is 15.0. The van der Waals surface area contributed by atoms with Gasteiger partial charge in [0.05, 0.1) is 0 Å². The van der Waals surface area contributed by atoms with Gasteiger partial charge in [-0.25, -0.2) is 4.99 Å². The van der Waals surface area contributed by atoms with Crippen molar-refractivity contribution in [1.82, 2.24) is 0 Å². The van der Waals surface area contributed by atoms with Gasteiger partial charge < -0.3 is 20.9 Å². The number of nitrogens with zero attached hydrogens (tertiary/aromatic N) is 1. The molecule has 1 spiro atoms. The molecule has 0 amide bonds. The van der Waals surface area contributed by atoms with Gasteiger partial charge in [-0.3, -0.25) is 0 Å². The highest BCUT2D eigenvalue weighted by Crippen LogP contribution is 2.55. The summed E-state index contributed by atoms with van der Waals surface area (Å²) in [7, 11) is 0. The Balaban J connectivity index is 1.93. The van der Waals surface area contributed by atoms with Crippen LogP contribution in [0.25, 0.3) is 0 Å². The predicted octanol–water partition coefficient (Wildman–Crippen LogP) is 2.97. The summed E-state index contributed by atoms with van der Waals surface area (Å²) in [5.41, 5.74) is 11.0. The van der Waals surface area contributed by atoms with E-state index in [0.29, 0.717) is 11.4 Å². The number of hydrogen-bond donors (Lipinski definition) is 2. The summed E-state index contributed by atoms with van der Waals surface area (Å²) in [6, 6.07) is 13.6. The Morgan fingerprint density at radius 2 is 1.84 bits per heavy atom. The molecule has 0 fully saturated rings. The molecular formula is C18H17F2N3O2. The second-order valence-corrected chi connectivity index (χ2v) is 6.28. The van der Waals surface area contributed by atoms with Gasteiger partial charge in [-0.05, 0) is 23.8 Å². The van der Waals surface area contributed by atoms with Gasteiger partial charge in [0.25, 0.3) is 6.02 Å². The molecule has 0 radical (unpaired) electrons. The fourth-order valence-corrected chi connectivity index (χ4v) is 3.44. The molecule has 2 heterocycles. The molecule has 2 aliphatic heterocycles. The minimum atomic E-state index is -3.25. The monoisotopic (exact) mass is 345 g/mol. The first kappa shape index (κ1) is 15.7. The summed E-state index contributed by atoms with van der Waals surface area (Å²) in [5, 5.41) is 0. The number of benzene rings is 2. The van der Waals surface area contributed by atoms with E-state index in [4.69, 9.17) is 20.9 Å². The van der Waals surface area contributed by atoms with E-state index in [1.165, 1.54) is 6.07 Å². The number of alkyl halides is 2. The Labute approximate surface area is 143 Å². The minimum Gasteiger partial charge on any atom is -0.485 e. The molecule has 25 heavy (non-hydrogen) atoms. The second kappa shape index (κ2) is 5.34. The summed E-state index contributed by atoms with van der Waals surface area (Å²) >= 11 is 0. The standard InChI is InChI=1S/C18H17F2N3O2/c19-18(20)10-24-16(22)23-17(18)9-15(11-4-2-1-3-5-11)25-14-7-6-12(21)8-13(14)17/h1-8,15H,9-10,21H2,(H2,22,23)/t15?,17-/m1/s1. The van der Waals surface area contributed by atoms with E-state index >= 15 is 8.78 Å². The number of aliphatic imine (C=N–C) groups is 1. The Hall–Kier alpha value is -2.83. The van der Waals surface area contributed by atoms with Crippen molar-refractivity contribution in [3.8, 4) is 5.75 Å². The number of anilines is 1. The van der Waals surface area contributed by atoms with Crippen LogP contribution in [0.4, 0.5) is 14.5 Å². The maximum atomic E-state index is 15.0. The Morgan fingerprint density at radius 1 is 1.08 bits per heavy atom. The van der Waals surface area contributed by atoms with Crippen molar-refractivity contribution in [2.75, 3.05) is 12.3 Å². The molecule has 5 nitrogen and oxygen atoms in total. The normalized spacial score (nSPS) is 27.0. The number of ether oxygens (including phenoxy) is 2. The molecule has 1 unspecified atom stereocenters. The highest BCUT2D eigenvalue weighted by atomic mass is 19.3. The lowest BCUT2D eigenvalue weighted by atomic mass is 9.75. The van der Waals surface area contributed by atoms with E-state index in [1.54, 1.807) is 12.1 Å². The number of nitrogens with two attached hydrogens (primary N) is 2. The average Bonchev–Trinajstić information content (AvgIpc) is 2.60. The SMILES string of the molecule is NC1=N[C@@]2(CC(c3ccccc3)Oc3ccc(N)cc32)C(F)(F)CO1. The zero-order chi connectivity index (χ0) is 17.7. The first-order valence-electron chi connectivity index (χ1n) is 7.89. The van der Waals surface area contributed by atoms with Crippen LogP contribution in [0, 0.1) is 0 Å². The summed E-state index contributed by atoms with van der Waals surface area (Å²) in [6.07, 6.45) is -0.650. The fraction of sp³-hybridized carbons (Fsp3) is 0.278. The van der Waals surface area contributed by atoms with Crippen LogP contribution in [-0.4, -0.2) is 18.6 Å². The van der Waals surface area contributed by atoms with Crippen LogP contribution in [0.5, 0.6) is 5.75 Å². The van der Waals surface area contributed by atoms with E-state index in [0.717, 1.165) is 5.56 Å². The van der Waals surface area contributed by atoms with Crippen molar-refractivity contribution in [2.24, 2.45) is 10.7 Å². The largest absolute Gasteiger partial charge is 0.485 e. The summed E-state index contributed by atoms with van der Waals surface area (Å²) in [4.78, 5) is 4.07. The van der Waals surface area contributed by atoms with Crippen molar-refractivity contribution in [1.29, 1.82) is 0 Å². The summed E-state index contributed by atoms with van der Waals surface area (Å²) in [5.74, 6) is -2.93. The number of halogens is 2. The molecular weight excluding hydrogens is 328 g/mol. The van der Waals surface area contributed by atoms with Gasteiger partial charge in [0.2, 0.25) is 0 Å². The third kappa shape index (κ3) is 2.38. The minimum absolute atomic E-state index is 0.0650. The van der Waals surface area contributed by atoms with E-state index in [9.17, 15) is 0 Å². The first-order chi connectivity index (χ1) is 11.9. The molecule has 0 saturated carbocycles. The number of hydrogen-bond acceptors (Lipinski definition) is 5. The van der Waals surface area contributed by atoms with E-state index in [2.05, 4.69) is 4.99 Å². The summed E-state index contributed by atoms with van der Waals surface area (Å²) < 4.78 is 40.9. The first-order valence-corrected chi connectivity index (χ1v) is 7.89. The van der Waals surface area contributed by atoms with Gasteiger partial charge in [0, 0.05) is 17.7 Å². The number of fused-ring (bicyclic) bond motifs is 2. The molecule has 2 aliphatic rings. The van der Waals surface area contributed by atoms with E-state index < -0.39 is 24.2 Å². The summed E-state index contributed by atoms with van der Waals surface area (Å²) in [6.45, 7) is -0.835. The van der Waals surface area contributed by atoms with Crippen molar-refractivity contribution < 1.29 is 18.3 Å². The predicted molar refractivity (Wildman–Crippen MR) is 89.5 cm³/mol. The number of rotatable bonds is 1. The molecule has 2 aromatic carbocycles. The molecule has 2 aromatic rings. The van der Waals surface area contributed by atoms with Crippen molar-refractivity contribution in [2.45, 2.75) is 24.0 Å². The van der Waals surface area contributed by atoms with Crippen LogP contribution in [0.2, 0.25) is 0 Å². The molecule has 7 heteroatoms. The zero-order valence-corrected chi connectivity index (χ0v) is 13.3. The van der Waals surface area contributed by atoms with Gasteiger partial charge in [-0.15, -0.1) is 0 Å². The fourth-order valence-electron chi connectivity index (χ4n) is 3.44. The quantitative estimate of drug-likeness (QED) is 0.779. The molecule has 0 saturated heterocycles. The molecule has 4 rings (SSSR count). The van der Waals surface area contributed by atoms with E-state index in [-0.39, 0.29) is 18.0 Å². The molecule has 0 bridgehead atoms. The van der Waals surface area contributed by atoms with Crippen LogP contribution in [0.3, 0.4) is 0 Å². The van der Waals surface area contributed by atoms with Crippen molar-refractivity contribution in [3.63, 3.8) is 0 Å². The molecule has 130 valence electrons. The molecule has 0 aromatic heterocycles. The Bertz CT molecular complexity index is 841. The topological polar surface area (TPSA) is 82.9 Å². The average molecular weight is 345 g/mol. The van der Waals surface area contributed by atoms with E-state index in [1.807, 2.05) is 30.3 Å². The van der Waals surface area contributed by atoms with Crippen LogP contribution < -0.4 is 16.2 Å². The third-order valence-corrected chi connectivity index (χ3v) is 4.68. The van der Waals surface area contributed by atoms with Gasteiger partial charge in [-0.1, -0.05) is 30.3 Å². The highest BCUT2D eigenvalue weighted by molar-refractivity contribution is 5.74. The van der Waals surface area contributed by atoms with Crippen LogP contribution in [0.15, 0.2) is 53.5 Å². The van der Waals surface area contributed by atoms with Crippen molar-refractivity contribution >= 4 is 11.7 Å². The third-order valence-electron chi connectivity index (χ3n) is 4.68. The highest BCUT2D eigenvalue weighted by Gasteiger charge is 2.62. The lowest BCUT2D eigenvalue weighted by molar-refractivity contribution is -0.139. The number of nitrogen functional groups attached to an aromatic ring is 1. The zero-order valence-electron chi connectivity index (χ0n) is 13.3.